The Balaban J connectivity index is 1.74. The van der Waals surface area contributed by atoms with E-state index in [9.17, 15) is 14.9 Å². The van der Waals surface area contributed by atoms with Crippen LogP contribution in [0.25, 0.3) is 0 Å². The number of imidazole rings is 1. The normalized spacial score (nSPS) is 10.6. The quantitative estimate of drug-likeness (QED) is 0.560. The van der Waals surface area contributed by atoms with Gasteiger partial charge in [0.15, 0.2) is 0 Å². The van der Waals surface area contributed by atoms with Gasteiger partial charge < -0.3 is 25.1 Å². The van der Waals surface area contributed by atoms with Crippen LogP contribution < -0.4 is 5.32 Å². The second kappa shape index (κ2) is 8.21. The molecule has 0 aliphatic heterocycles. The standard InChI is InChI=1S/C16H20N4O4/c1-12-18-15(20(23)24)10-19(12)9-7-16(22)17-8-6-13-2-4-14(11-21)5-3-13/h2-5,10,21H,6-9,11H2,1H3,(H,17,22). The second-order valence-corrected chi connectivity index (χ2v) is 5.42. The SMILES string of the molecule is Cc1nc([N+](=O)[O-])cn1CCC(=O)NCCc1ccc(CO)cc1. The molecule has 0 unspecified atom stereocenters. The average molecular weight is 332 g/mol. The second-order valence-electron chi connectivity index (χ2n) is 5.42. The number of carbonyl (C=O) groups excluding carboxylic acids is 1. The van der Waals surface area contributed by atoms with Crippen LogP contribution in [0, 0.1) is 17.0 Å². The maximum absolute atomic E-state index is 11.8. The molecule has 2 aromatic rings. The highest BCUT2D eigenvalue weighted by molar-refractivity contribution is 5.75. The van der Waals surface area contributed by atoms with Crippen LogP contribution in [-0.4, -0.2) is 32.0 Å². The highest BCUT2D eigenvalue weighted by atomic mass is 16.6. The molecular weight excluding hydrogens is 312 g/mol. The van der Waals surface area contributed by atoms with Gasteiger partial charge >= 0.3 is 5.82 Å². The van der Waals surface area contributed by atoms with Crippen molar-refractivity contribution in [1.82, 2.24) is 14.9 Å². The maximum Gasteiger partial charge on any atom is 0.381 e. The molecule has 128 valence electrons. The average Bonchev–Trinajstić information content (AvgIpc) is 2.95. The Morgan fingerprint density at radius 3 is 2.58 bits per heavy atom. The molecule has 1 heterocycles. The molecule has 0 fully saturated rings. The first kappa shape index (κ1) is 17.6. The Labute approximate surface area is 139 Å². The van der Waals surface area contributed by atoms with Crippen LogP contribution in [0.5, 0.6) is 0 Å². The van der Waals surface area contributed by atoms with Crippen molar-refractivity contribution in [2.75, 3.05) is 6.54 Å². The van der Waals surface area contributed by atoms with Gasteiger partial charge in [-0.05, 0) is 27.5 Å². The summed E-state index contributed by atoms with van der Waals surface area (Å²) in [7, 11) is 0. The number of hydrogen-bond donors (Lipinski definition) is 2. The summed E-state index contributed by atoms with van der Waals surface area (Å²) in [4.78, 5) is 25.8. The van der Waals surface area contributed by atoms with Gasteiger partial charge in [-0.15, -0.1) is 0 Å². The third-order valence-electron chi connectivity index (χ3n) is 3.67. The molecule has 1 amide bonds. The van der Waals surface area contributed by atoms with Gasteiger partial charge in [0.1, 0.15) is 6.20 Å². The van der Waals surface area contributed by atoms with Crippen LogP contribution >= 0.6 is 0 Å². The number of nitro groups is 1. The van der Waals surface area contributed by atoms with E-state index in [0.29, 0.717) is 25.3 Å². The number of rotatable bonds is 8. The third-order valence-corrected chi connectivity index (χ3v) is 3.67. The number of carbonyl (C=O) groups is 1. The van der Waals surface area contributed by atoms with Crippen molar-refractivity contribution in [2.45, 2.75) is 32.9 Å². The lowest BCUT2D eigenvalue weighted by Gasteiger charge is -2.06. The molecule has 1 aromatic heterocycles. The fourth-order valence-corrected chi connectivity index (χ4v) is 2.27. The highest BCUT2D eigenvalue weighted by Gasteiger charge is 2.15. The lowest BCUT2D eigenvalue weighted by molar-refractivity contribution is -0.389. The largest absolute Gasteiger partial charge is 0.392 e. The number of aliphatic hydroxyl groups is 1. The van der Waals surface area contributed by atoms with Crippen LogP contribution in [0.4, 0.5) is 5.82 Å². The first-order valence-electron chi connectivity index (χ1n) is 7.63. The Morgan fingerprint density at radius 2 is 2.00 bits per heavy atom. The molecule has 0 spiro atoms. The molecule has 0 atom stereocenters. The Bertz CT molecular complexity index is 709. The topological polar surface area (TPSA) is 110 Å². The molecule has 0 aliphatic rings. The molecule has 0 bridgehead atoms. The molecule has 1 aromatic carbocycles. The fraction of sp³-hybridized carbons (Fsp3) is 0.375. The smallest absolute Gasteiger partial charge is 0.381 e. The van der Waals surface area contributed by atoms with Gasteiger partial charge in [-0.2, -0.15) is 0 Å². The Morgan fingerprint density at radius 1 is 1.33 bits per heavy atom. The van der Waals surface area contributed by atoms with E-state index in [2.05, 4.69) is 10.3 Å². The molecule has 8 heteroatoms. The van der Waals surface area contributed by atoms with Gasteiger partial charge in [0.25, 0.3) is 0 Å². The van der Waals surface area contributed by atoms with Crippen molar-refractivity contribution in [1.29, 1.82) is 0 Å². The first-order chi connectivity index (χ1) is 11.5. The van der Waals surface area contributed by atoms with Crippen molar-refractivity contribution in [3.63, 3.8) is 0 Å². The van der Waals surface area contributed by atoms with Crippen LogP contribution in [0.1, 0.15) is 23.4 Å². The summed E-state index contributed by atoms with van der Waals surface area (Å²) in [5.74, 6) is 0.190. The van der Waals surface area contributed by atoms with E-state index in [-0.39, 0.29) is 24.8 Å². The Kier molecular flexibility index (Phi) is 6.02. The molecule has 2 N–H and O–H groups in total. The van der Waals surface area contributed by atoms with Crippen molar-refractivity contribution < 1.29 is 14.8 Å². The number of benzene rings is 1. The zero-order valence-corrected chi connectivity index (χ0v) is 13.4. The van der Waals surface area contributed by atoms with Crippen LogP contribution in [0.15, 0.2) is 30.5 Å². The molecule has 2 rings (SSSR count). The van der Waals surface area contributed by atoms with Gasteiger partial charge in [0.2, 0.25) is 11.7 Å². The van der Waals surface area contributed by atoms with E-state index < -0.39 is 4.92 Å². The molecule has 24 heavy (non-hydrogen) atoms. The molecule has 0 saturated carbocycles. The number of aromatic nitrogens is 2. The monoisotopic (exact) mass is 332 g/mol. The molecule has 0 saturated heterocycles. The summed E-state index contributed by atoms with van der Waals surface area (Å²) in [5.41, 5.74) is 1.93. The number of nitrogens with zero attached hydrogens (tertiary/aromatic N) is 3. The maximum atomic E-state index is 11.8. The first-order valence-corrected chi connectivity index (χ1v) is 7.63. The number of amides is 1. The molecule has 8 nitrogen and oxygen atoms in total. The molecular formula is C16H20N4O4. The molecule has 0 aliphatic carbocycles. The van der Waals surface area contributed by atoms with Gasteiger partial charge in [-0.25, -0.2) is 0 Å². The van der Waals surface area contributed by atoms with Gasteiger partial charge in [-0.3, -0.25) is 4.79 Å². The zero-order valence-electron chi connectivity index (χ0n) is 13.4. The fourth-order valence-electron chi connectivity index (χ4n) is 2.27. The van der Waals surface area contributed by atoms with Crippen molar-refractivity contribution in [3.8, 4) is 0 Å². The van der Waals surface area contributed by atoms with Crippen LogP contribution in [-0.2, 0) is 24.4 Å². The zero-order chi connectivity index (χ0) is 17.5. The summed E-state index contributed by atoms with van der Waals surface area (Å²) in [6.07, 6.45) is 2.27. The predicted octanol–water partition coefficient (Wildman–Crippen LogP) is 1.34. The number of nitrogens with one attached hydrogen (secondary N) is 1. The number of aryl methyl sites for hydroxylation is 2. The molecule has 0 radical (unpaired) electrons. The van der Waals surface area contributed by atoms with E-state index >= 15 is 0 Å². The summed E-state index contributed by atoms with van der Waals surface area (Å²) in [6, 6.07) is 7.55. The predicted molar refractivity (Wildman–Crippen MR) is 87.3 cm³/mol. The van der Waals surface area contributed by atoms with Crippen molar-refractivity contribution >= 4 is 11.7 Å². The Hall–Kier alpha value is -2.74. The summed E-state index contributed by atoms with van der Waals surface area (Å²) < 4.78 is 1.60. The van der Waals surface area contributed by atoms with E-state index in [4.69, 9.17) is 5.11 Å². The number of aliphatic hydroxyl groups excluding tert-OH is 1. The minimum atomic E-state index is -0.550. The minimum Gasteiger partial charge on any atom is -0.392 e. The van der Waals surface area contributed by atoms with E-state index in [1.807, 2.05) is 24.3 Å². The van der Waals surface area contributed by atoms with Gasteiger partial charge in [0.05, 0.1) is 6.61 Å². The van der Waals surface area contributed by atoms with E-state index in [0.717, 1.165) is 11.1 Å². The van der Waals surface area contributed by atoms with E-state index in [1.165, 1.54) is 6.20 Å². The minimum absolute atomic E-state index is 0.0167. The lowest BCUT2D eigenvalue weighted by atomic mass is 10.1. The van der Waals surface area contributed by atoms with Crippen molar-refractivity contribution in [3.05, 3.63) is 57.5 Å². The summed E-state index contributed by atoms with van der Waals surface area (Å²) in [6.45, 7) is 2.55. The third kappa shape index (κ3) is 4.88. The number of hydrogen-bond acceptors (Lipinski definition) is 5. The van der Waals surface area contributed by atoms with Crippen LogP contribution in [0.2, 0.25) is 0 Å². The lowest BCUT2D eigenvalue weighted by Crippen LogP contribution is -2.26. The van der Waals surface area contributed by atoms with Crippen molar-refractivity contribution in [2.24, 2.45) is 0 Å². The van der Waals surface area contributed by atoms with Gasteiger partial charge in [0, 0.05) is 26.4 Å². The highest BCUT2D eigenvalue weighted by Crippen LogP contribution is 2.10. The van der Waals surface area contributed by atoms with Crippen LogP contribution in [0.3, 0.4) is 0 Å². The summed E-state index contributed by atoms with van der Waals surface area (Å²) >= 11 is 0. The van der Waals surface area contributed by atoms with E-state index in [1.54, 1.807) is 11.5 Å². The van der Waals surface area contributed by atoms with Gasteiger partial charge in [-0.1, -0.05) is 24.3 Å². The summed E-state index contributed by atoms with van der Waals surface area (Å²) in [5, 5.41) is 22.5.